The number of rotatable bonds is 4. The third kappa shape index (κ3) is 2.98. The summed E-state index contributed by atoms with van der Waals surface area (Å²) in [7, 11) is -6.66. The Bertz CT molecular complexity index is 485. The Morgan fingerprint density at radius 3 is 2.53 bits per heavy atom. The van der Waals surface area contributed by atoms with Crippen LogP contribution in [-0.2, 0) is 19.9 Å². The van der Waals surface area contributed by atoms with Crippen molar-refractivity contribution >= 4 is 19.9 Å². The van der Waals surface area contributed by atoms with Gasteiger partial charge in [0, 0.05) is 25.4 Å². The molecule has 0 aromatic carbocycles. The van der Waals surface area contributed by atoms with E-state index in [9.17, 15) is 16.8 Å². The molecule has 6 nitrogen and oxygen atoms in total. The molecule has 2 fully saturated rings. The highest BCUT2D eigenvalue weighted by Crippen LogP contribution is 2.29. The molecule has 2 rings (SSSR count). The highest BCUT2D eigenvalue weighted by molar-refractivity contribution is 7.93. The van der Waals surface area contributed by atoms with Crippen LogP contribution in [0.4, 0.5) is 0 Å². The quantitative estimate of drug-likeness (QED) is 0.689. The van der Waals surface area contributed by atoms with Crippen LogP contribution in [0.1, 0.15) is 6.42 Å². The molecule has 0 aromatic heterocycles. The minimum atomic E-state index is -3.43. The van der Waals surface area contributed by atoms with Gasteiger partial charge in [-0.05, 0) is 18.9 Å². The molecule has 1 N–H and O–H groups in total. The molecule has 100 valence electrons. The van der Waals surface area contributed by atoms with E-state index in [1.54, 1.807) is 0 Å². The Morgan fingerprint density at radius 1 is 1.18 bits per heavy atom. The summed E-state index contributed by atoms with van der Waals surface area (Å²) in [6, 6.07) is 0.0274. The summed E-state index contributed by atoms with van der Waals surface area (Å²) in [4.78, 5) is 0. The summed E-state index contributed by atoms with van der Waals surface area (Å²) >= 11 is 0. The van der Waals surface area contributed by atoms with Gasteiger partial charge in [0.05, 0.1) is 11.5 Å². The van der Waals surface area contributed by atoms with E-state index >= 15 is 0 Å². The van der Waals surface area contributed by atoms with Gasteiger partial charge in [-0.25, -0.2) is 16.8 Å². The monoisotopic (exact) mass is 282 g/mol. The molecule has 0 aliphatic carbocycles. The fourth-order valence-corrected chi connectivity index (χ4v) is 5.86. The van der Waals surface area contributed by atoms with Gasteiger partial charge in [-0.2, -0.15) is 4.31 Å². The Balaban J connectivity index is 2.06. The molecular formula is C9H18N2O4S2. The van der Waals surface area contributed by atoms with Crippen molar-refractivity contribution in [1.29, 1.82) is 0 Å². The lowest BCUT2D eigenvalue weighted by Crippen LogP contribution is -2.41. The van der Waals surface area contributed by atoms with Crippen LogP contribution < -0.4 is 5.32 Å². The van der Waals surface area contributed by atoms with Crippen molar-refractivity contribution < 1.29 is 16.8 Å². The van der Waals surface area contributed by atoms with Gasteiger partial charge < -0.3 is 5.32 Å². The second kappa shape index (κ2) is 4.49. The molecular weight excluding hydrogens is 264 g/mol. The van der Waals surface area contributed by atoms with Gasteiger partial charge in [-0.15, -0.1) is 0 Å². The Kier molecular flexibility index (Phi) is 3.50. The summed E-state index contributed by atoms with van der Waals surface area (Å²) in [5.41, 5.74) is 0. The van der Waals surface area contributed by atoms with E-state index in [-0.39, 0.29) is 17.5 Å². The average Bonchev–Trinajstić information content (AvgIpc) is 2.73. The SMILES string of the molecule is CS(=O)(=O)CCS(=O)(=O)N1CC[C@@H]2CNC[C@@H]21. The van der Waals surface area contributed by atoms with Gasteiger partial charge in [0.1, 0.15) is 9.84 Å². The predicted octanol–water partition coefficient (Wildman–Crippen LogP) is -1.35. The standard InChI is InChI=1S/C9H18N2O4S2/c1-16(12,13)4-5-17(14,15)11-3-2-8-6-10-7-9(8)11/h8-10H,2-7H2,1H3/t8-,9+/m1/s1. The molecule has 2 atom stereocenters. The fourth-order valence-electron chi connectivity index (χ4n) is 2.53. The van der Waals surface area contributed by atoms with E-state index in [2.05, 4.69) is 5.32 Å². The number of sulfone groups is 1. The molecule has 2 aliphatic heterocycles. The van der Waals surface area contributed by atoms with Gasteiger partial charge in [0.2, 0.25) is 10.0 Å². The summed E-state index contributed by atoms with van der Waals surface area (Å²) in [5.74, 6) is -0.200. The van der Waals surface area contributed by atoms with Crippen molar-refractivity contribution in [2.24, 2.45) is 5.92 Å². The molecule has 0 unspecified atom stereocenters. The summed E-state index contributed by atoms with van der Waals surface area (Å²) in [6.45, 7) is 2.08. The molecule has 0 bridgehead atoms. The second-order valence-corrected chi connectivity index (χ2v) is 9.13. The van der Waals surface area contributed by atoms with Gasteiger partial charge in [0.25, 0.3) is 0 Å². The third-order valence-electron chi connectivity index (χ3n) is 3.46. The Labute approximate surface area is 102 Å². The van der Waals surface area contributed by atoms with Crippen molar-refractivity contribution in [1.82, 2.24) is 9.62 Å². The van der Waals surface area contributed by atoms with E-state index in [1.165, 1.54) is 4.31 Å². The molecule has 0 aromatic rings. The maximum atomic E-state index is 12.1. The van der Waals surface area contributed by atoms with Crippen molar-refractivity contribution in [2.75, 3.05) is 37.4 Å². The molecule has 17 heavy (non-hydrogen) atoms. The first-order valence-electron chi connectivity index (χ1n) is 5.67. The fraction of sp³-hybridized carbons (Fsp3) is 1.00. The van der Waals surface area contributed by atoms with Crippen LogP contribution in [-0.4, -0.2) is 64.6 Å². The van der Waals surface area contributed by atoms with Gasteiger partial charge >= 0.3 is 0 Å². The number of nitrogens with zero attached hydrogens (tertiary/aromatic N) is 1. The first-order valence-corrected chi connectivity index (χ1v) is 9.34. The molecule has 2 heterocycles. The lowest BCUT2D eigenvalue weighted by atomic mass is 10.1. The van der Waals surface area contributed by atoms with Crippen molar-refractivity contribution in [3.05, 3.63) is 0 Å². The summed E-state index contributed by atoms with van der Waals surface area (Å²) in [6.07, 6.45) is 1.93. The smallest absolute Gasteiger partial charge is 0.215 e. The van der Waals surface area contributed by atoms with E-state index < -0.39 is 19.9 Å². The van der Waals surface area contributed by atoms with Gasteiger partial charge in [-0.1, -0.05) is 0 Å². The summed E-state index contributed by atoms with van der Waals surface area (Å²) in [5, 5.41) is 3.17. The number of hydrogen-bond donors (Lipinski definition) is 1. The van der Waals surface area contributed by atoms with Crippen LogP contribution >= 0.6 is 0 Å². The molecule has 2 saturated heterocycles. The van der Waals surface area contributed by atoms with Gasteiger partial charge in [0.15, 0.2) is 0 Å². The van der Waals surface area contributed by atoms with E-state index in [0.717, 1.165) is 19.2 Å². The number of fused-ring (bicyclic) bond motifs is 1. The minimum Gasteiger partial charge on any atom is -0.315 e. The number of hydrogen-bond acceptors (Lipinski definition) is 5. The normalized spacial score (nSPS) is 30.6. The first kappa shape index (κ1) is 13.3. The van der Waals surface area contributed by atoms with E-state index in [0.29, 0.717) is 19.0 Å². The predicted molar refractivity (Wildman–Crippen MR) is 65.0 cm³/mol. The maximum Gasteiger partial charge on any atom is 0.215 e. The van der Waals surface area contributed by atoms with Crippen molar-refractivity contribution in [3.63, 3.8) is 0 Å². The second-order valence-electron chi connectivity index (χ2n) is 4.83. The van der Waals surface area contributed by atoms with E-state index in [4.69, 9.17) is 0 Å². The molecule has 0 spiro atoms. The minimum absolute atomic E-state index is 0.0274. The third-order valence-corrected chi connectivity index (χ3v) is 6.56. The highest BCUT2D eigenvalue weighted by atomic mass is 32.2. The average molecular weight is 282 g/mol. The van der Waals surface area contributed by atoms with Crippen molar-refractivity contribution in [3.8, 4) is 0 Å². The van der Waals surface area contributed by atoms with Crippen LogP contribution in [0.3, 0.4) is 0 Å². The van der Waals surface area contributed by atoms with E-state index in [1.807, 2.05) is 0 Å². The molecule has 2 aliphatic rings. The largest absolute Gasteiger partial charge is 0.315 e. The zero-order valence-electron chi connectivity index (χ0n) is 9.79. The van der Waals surface area contributed by atoms with Crippen molar-refractivity contribution in [2.45, 2.75) is 12.5 Å². The molecule has 0 radical (unpaired) electrons. The lowest BCUT2D eigenvalue weighted by molar-refractivity contribution is 0.383. The molecule has 0 amide bonds. The zero-order chi connectivity index (χ0) is 12.7. The van der Waals surface area contributed by atoms with Crippen LogP contribution in [0.2, 0.25) is 0 Å². The number of nitrogens with one attached hydrogen (secondary N) is 1. The molecule has 8 heteroatoms. The summed E-state index contributed by atoms with van der Waals surface area (Å²) < 4.78 is 47.7. The van der Waals surface area contributed by atoms with Gasteiger partial charge in [-0.3, -0.25) is 0 Å². The Morgan fingerprint density at radius 2 is 1.88 bits per heavy atom. The lowest BCUT2D eigenvalue weighted by Gasteiger charge is -2.22. The van der Waals surface area contributed by atoms with Crippen LogP contribution in [0, 0.1) is 5.92 Å². The van der Waals surface area contributed by atoms with Crippen LogP contribution in [0.25, 0.3) is 0 Å². The first-order chi connectivity index (χ1) is 7.80. The number of sulfonamides is 1. The van der Waals surface area contributed by atoms with Crippen LogP contribution in [0.15, 0.2) is 0 Å². The van der Waals surface area contributed by atoms with Crippen LogP contribution in [0.5, 0.6) is 0 Å². The highest BCUT2D eigenvalue weighted by Gasteiger charge is 2.43. The maximum absolute atomic E-state index is 12.1. The topological polar surface area (TPSA) is 83.5 Å². The Hall–Kier alpha value is -0.180. The zero-order valence-corrected chi connectivity index (χ0v) is 11.4. The molecule has 0 saturated carbocycles.